The van der Waals surface area contributed by atoms with Crippen molar-refractivity contribution in [1.82, 2.24) is 10.3 Å². The first-order chi connectivity index (χ1) is 8.35. The van der Waals surface area contributed by atoms with Crippen LogP contribution in [0.3, 0.4) is 0 Å². The van der Waals surface area contributed by atoms with Gasteiger partial charge >= 0.3 is 0 Å². The lowest BCUT2D eigenvalue weighted by atomic mass is 9.92. The lowest BCUT2D eigenvalue weighted by molar-refractivity contribution is -0.122. The predicted octanol–water partition coefficient (Wildman–Crippen LogP) is 1.77. The summed E-state index contributed by atoms with van der Waals surface area (Å²) in [6, 6.07) is 0. The zero-order chi connectivity index (χ0) is 13.8. The maximum Gasteiger partial charge on any atom is 0.226 e. The Bertz CT molecular complexity index is 399. The molecule has 5 heteroatoms. The third-order valence-corrected chi connectivity index (χ3v) is 4.17. The number of hydrogen-bond acceptors (Lipinski definition) is 4. The third-order valence-electron chi connectivity index (χ3n) is 3.13. The van der Waals surface area contributed by atoms with E-state index in [1.54, 1.807) is 18.3 Å². The molecule has 1 amide bonds. The van der Waals surface area contributed by atoms with E-state index in [-0.39, 0.29) is 24.8 Å². The molecule has 0 aromatic carbocycles. The largest absolute Gasteiger partial charge is 0.388 e. The number of aromatic nitrogens is 1. The highest BCUT2D eigenvalue weighted by molar-refractivity contribution is 7.09. The number of amides is 1. The van der Waals surface area contributed by atoms with Crippen molar-refractivity contribution in [2.45, 2.75) is 46.1 Å². The van der Waals surface area contributed by atoms with E-state index in [0.29, 0.717) is 0 Å². The summed E-state index contributed by atoms with van der Waals surface area (Å²) in [7, 11) is 0. The van der Waals surface area contributed by atoms with E-state index in [1.807, 2.05) is 26.2 Å². The average molecular weight is 270 g/mol. The Morgan fingerprint density at radius 1 is 1.61 bits per heavy atom. The molecule has 0 radical (unpaired) electrons. The number of nitrogens with one attached hydrogen (secondary N) is 1. The van der Waals surface area contributed by atoms with Crippen molar-refractivity contribution in [3.8, 4) is 0 Å². The van der Waals surface area contributed by atoms with Crippen LogP contribution >= 0.6 is 11.3 Å². The minimum Gasteiger partial charge on any atom is -0.388 e. The van der Waals surface area contributed by atoms with Crippen molar-refractivity contribution in [3.63, 3.8) is 0 Å². The fraction of sp³-hybridized carbons (Fsp3) is 0.692. The second kappa shape index (κ2) is 6.29. The number of thiazole rings is 1. The molecular weight excluding hydrogens is 248 g/mol. The first-order valence-corrected chi connectivity index (χ1v) is 7.15. The van der Waals surface area contributed by atoms with E-state index in [4.69, 9.17) is 0 Å². The van der Waals surface area contributed by atoms with E-state index in [9.17, 15) is 9.90 Å². The molecule has 102 valence electrons. The molecular formula is C13H22N2O2S. The topological polar surface area (TPSA) is 62.2 Å². The van der Waals surface area contributed by atoms with Crippen molar-refractivity contribution in [2.75, 3.05) is 6.54 Å². The van der Waals surface area contributed by atoms with Gasteiger partial charge in [0.25, 0.3) is 0 Å². The Morgan fingerprint density at radius 3 is 2.78 bits per heavy atom. The highest BCUT2D eigenvalue weighted by Gasteiger charge is 2.25. The molecule has 1 heterocycles. The molecule has 1 rings (SSSR count). The van der Waals surface area contributed by atoms with Crippen LogP contribution in [-0.2, 0) is 17.6 Å². The highest BCUT2D eigenvalue weighted by atomic mass is 32.1. The van der Waals surface area contributed by atoms with Crippen LogP contribution in [0.25, 0.3) is 0 Å². The normalized spacial score (nSPS) is 14.6. The fourth-order valence-corrected chi connectivity index (χ4v) is 2.05. The third kappa shape index (κ3) is 4.38. The summed E-state index contributed by atoms with van der Waals surface area (Å²) in [4.78, 5) is 16.1. The summed E-state index contributed by atoms with van der Waals surface area (Å²) in [5, 5.41) is 15.7. The van der Waals surface area contributed by atoms with Gasteiger partial charge in [-0.1, -0.05) is 20.8 Å². The second-order valence-corrected chi connectivity index (χ2v) is 5.99. The minimum absolute atomic E-state index is 0.0936. The summed E-state index contributed by atoms with van der Waals surface area (Å²) in [5.74, 6) is 0.00708. The lowest BCUT2D eigenvalue weighted by Crippen LogP contribution is -2.44. The van der Waals surface area contributed by atoms with Crippen molar-refractivity contribution in [1.29, 1.82) is 0 Å². The van der Waals surface area contributed by atoms with Crippen LogP contribution in [0, 0.1) is 5.92 Å². The van der Waals surface area contributed by atoms with Gasteiger partial charge in [-0.3, -0.25) is 4.79 Å². The second-order valence-electron chi connectivity index (χ2n) is 5.05. The number of aryl methyl sites for hydroxylation is 1. The number of aliphatic hydroxyl groups is 1. The Morgan fingerprint density at radius 2 is 2.28 bits per heavy atom. The van der Waals surface area contributed by atoms with Gasteiger partial charge in [-0.15, -0.1) is 11.3 Å². The van der Waals surface area contributed by atoms with Gasteiger partial charge in [0.2, 0.25) is 5.91 Å². The van der Waals surface area contributed by atoms with Gasteiger partial charge in [0, 0.05) is 11.9 Å². The number of carbonyl (C=O) groups excluding carboxylic acids is 1. The molecule has 1 unspecified atom stereocenters. The Hall–Kier alpha value is -0.940. The molecule has 0 spiro atoms. The summed E-state index contributed by atoms with van der Waals surface area (Å²) in [5.41, 5.74) is -0.0645. The van der Waals surface area contributed by atoms with Crippen molar-refractivity contribution < 1.29 is 9.90 Å². The van der Waals surface area contributed by atoms with Gasteiger partial charge in [-0.2, -0.15) is 0 Å². The maximum absolute atomic E-state index is 11.7. The SMILES string of the molecule is CCc1nc(CC(=O)NCC(C)(O)C(C)C)cs1. The minimum atomic E-state index is -0.869. The molecule has 0 saturated carbocycles. The molecule has 0 saturated heterocycles. The first-order valence-electron chi connectivity index (χ1n) is 6.27. The monoisotopic (exact) mass is 270 g/mol. The van der Waals surface area contributed by atoms with Gasteiger partial charge in [-0.05, 0) is 19.3 Å². The van der Waals surface area contributed by atoms with Gasteiger partial charge in [0.15, 0.2) is 0 Å². The molecule has 1 atom stereocenters. The summed E-state index contributed by atoms with van der Waals surface area (Å²) in [6.07, 6.45) is 1.18. The average Bonchev–Trinajstić information content (AvgIpc) is 2.74. The zero-order valence-electron chi connectivity index (χ0n) is 11.5. The van der Waals surface area contributed by atoms with Crippen LogP contribution in [0.4, 0.5) is 0 Å². The Balaban J connectivity index is 2.42. The van der Waals surface area contributed by atoms with Crippen molar-refractivity contribution >= 4 is 17.2 Å². The molecule has 0 aliphatic rings. The van der Waals surface area contributed by atoms with Gasteiger partial charge in [0.05, 0.1) is 22.7 Å². The molecule has 1 aromatic heterocycles. The van der Waals surface area contributed by atoms with Crippen LogP contribution in [-0.4, -0.2) is 28.1 Å². The van der Waals surface area contributed by atoms with Gasteiger partial charge in [-0.25, -0.2) is 4.98 Å². The molecule has 0 bridgehead atoms. The van der Waals surface area contributed by atoms with Crippen LogP contribution in [0.15, 0.2) is 5.38 Å². The van der Waals surface area contributed by atoms with E-state index in [2.05, 4.69) is 10.3 Å². The molecule has 18 heavy (non-hydrogen) atoms. The van der Waals surface area contributed by atoms with E-state index < -0.39 is 5.60 Å². The summed E-state index contributed by atoms with van der Waals surface area (Å²) in [6.45, 7) is 7.91. The smallest absolute Gasteiger partial charge is 0.226 e. The highest BCUT2D eigenvalue weighted by Crippen LogP contribution is 2.15. The Kier molecular flexibility index (Phi) is 5.28. The van der Waals surface area contributed by atoms with Crippen LogP contribution < -0.4 is 5.32 Å². The number of rotatable bonds is 6. The standard InChI is InChI=1S/C13H22N2O2S/c1-5-12-15-10(7-18-12)6-11(16)14-8-13(4,17)9(2)3/h7,9,17H,5-6,8H2,1-4H3,(H,14,16). The van der Waals surface area contributed by atoms with E-state index in [0.717, 1.165) is 17.1 Å². The molecule has 1 aromatic rings. The van der Waals surface area contributed by atoms with E-state index >= 15 is 0 Å². The van der Waals surface area contributed by atoms with Crippen LogP contribution in [0.1, 0.15) is 38.4 Å². The molecule has 4 nitrogen and oxygen atoms in total. The molecule has 2 N–H and O–H groups in total. The molecule has 0 aliphatic carbocycles. The quantitative estimate of drug-likeness (QED) is 0.828. The van der Waals surface area contributed by atoms with Crippen molar-refractivity contribution in [3.05, 3.63) is 16.1 Å². The summed E-state index contributed by atoms with van der Waals surface area (Å²) < 4.78 is 0. The number of carbonyl (C=O) groups is 1. The van der Waals surface area contributed by atoms with Gasteiger partial charge < -0.3 is 10.4 Å². The maximum atomic E-state index is 11.7. The number of nitrogens with zero attached hydrogens (tertiary/aromatic N) is 1. The zero-order valence-corrected chi connectivity index (χ0v) is 12.3. The first kappa shape index (κ1) is 15.1. The number of hydrogen-bond donors (Lipinski definition) is 2. The van der Waals surface area contributed by atoms with Gasteiger partial charge in [0.1, 0.15) is 0 Å². The summed E-state index contributed by atoms with van der Waals surface area (Å²) >= 11 is 1.58. The van der Waals surface area contributed by atoms with Crippen molar-refractivity contribution in [2.24, 2.45) is 5.92 Å². The predicted molar refractivity (Wildman–Crippen MR) is 73.7 cm³/mol. The fourth-order valence-electron chi connectivity index (χ4n) is 1.30. The van der Waals surface area contributed by atoms with Crippen LogP contribution in [0.2, 0.25) is 0 Å². The Labute approximate surface area is 112 Å². The molecule has 0 fully saturated rings. The van der Waals surface area contributed by atoms with E-state index in [1.165, 1.54) is 0 Å². The van der Waals surface area contributed by atoms with Crippen LogP contribution in [0.5, 0.6) is 0 Å². The lowest BCUT2D eigenvalue weighted by Gasteiger charge is -2.27. The molecule has 0 aliphatic heterocycles.